The summed E-state index contributed by atoms with van der Waals surface area (Å²) in [6.07, 6.45) is 0.639. The molecule has 0 spiro atoms. The Hall–Kier alpha value is -0.600. The van der Waals surface area contributed by atoms with Crippen LogP contribution in [0.4, 0.5) is 4.39 Å². The average Bonchev–Trinajstić information content (AvgIpc) is 2.16. The molecule has 0 aromatic heterocycles. The number of rotatable bonds is 4. The van der Waals surface area contributed by atoms with Gasteiger partial charge in [0.15, 0.2) is 0 Å². The first-order chi connectivity index (χ1) is 6.29. The monoisotopic (exact) mass is 201 g/mol. The van der Waals surface area contributed by atoms with Crippen LogP contribution in [-0.2, 0) is 0 Å². The summed E-state index contributed by atoms with van der Waals surface area (Å²) in [6, 6.07) is 7.32. The molecule has 0 aliphatic rings. The van der Waals surface area contributed by atoms with Gasteiger partial charge in [0.25, 0.3) is 0 Å². The van der Waals surface area contributed by atoms with Crippen molar-refractivity contribution in [2.45, 2.75) is 12.3 Å². The Balaban J connectivity index is 2.84. The van der Waals surface area contributed by atoms with Crippen LogP contribution in [0.3, 0.4) is 0 Å². The lowest BCUT2D eigenvalue weighted by Gasteiger charge is -2.13. The van der Waals surface area contributed by atoms with E-state index in [-0.39, 0.29) is 5.92 Å². The summed E-state index contributed by atoms with van der Waals surface area (Å²) in [6.45, 7) is 0.0841. The van der Waals surface area contributed by atoms with Gasteiger partial charge in [-0.3, -0.25) is 4.39 Å². The third-order valence-corrected chi connectivity index (χ3v) is 2.39. The normalized spacial score (nSPS) is 12.8. The van der Waals surface area contributed by atoms with Crippen LogP contribution in [0.1, 0.15) is 17.9 Å². The fraction of sp³-hybridized carbons (Fsp3) is 0.400. The lowest BCUT2D eigenvalue weighted by Crippen LogP contribution is -2.09. The van der Waals surface area contributed by atoms with E-state index in [1.807, 2.05) is 18.2 Å². The highest BCUT2D eigenvalue weighted by molar-refractivity contribution is 6.31. The van der Waals surface area contributed by atoms with Crippen LogP contribution < -0.4 is 5.73 Å². The van der Waals surface area contributed by atoms with Crippen molar-refractivity contribution in [3.8, 4) is 0 Å². The van der Waals surface area contributed by atoms with E-state index >= 15 is 0 Å². The molecule has 13 heavy (non-hydrogen) atoms. The first-order valence-electron chi connectivity index (χ1n) is 4.30. The summed E-state index contributed by atoms with van der Waals surface area (Å²) in [5.41, 5.74) is 6.24. The molecule has 0 saturated carbocycles. The molecule has 1 nitrogen and oxygen atoms in total. The third-order valence-electron chi connectivity index (χ3n) is 2.05. The zero-order valence-corrected chi connectivity index (χ0v) is 8.10. The van der Waals surface area contributed by atoms with Gasteiger partial charge < -0.3 is 5.73 Å². The minimum atomic E-state index is -0.402. The second-order valence-electron chi connectivity index (χ2n) is 2.95. The molecule has 2 N–H and O–H groups in total. The van der Waals surface area contributed by atoms with Crippen molar-refractivity contribution < 1.29 is 4.39 Å². The highest BCUT2D eigenvalue weighted by Gasteiger charge is 2.12. The van der Waals surface area contributed by atoms with E-state index in [1.54, 1.807) is 6.07 Å². The van der Waals surface area contributed by atoms with Gasteiger partial charge in [-0.15, -0.1) is 0 Å². The first-order valence-corrected chi connectivity index (χ1v) is 4.67. The van der Waals surface area contributed by atoms with Crippen LogP contribution in [0.2, 0.25) is 5.02 Å². The van der Waals surface area contributed by atoms with E-state index in [1.165, 1.54) is 0 Å². The standard InChI is InChI=1S/C10H13ClFN/c11-10-4-2-1-3-9(10)8(7-12)5-6-13/h1-4,8H,5-7,13H2. The molecule has 1 unspecified atom stereocenters. The maximum absolute atomic E-state index is 12.6. The van der Waals surface area contributed by atoms with Gasteiger partial charge in [0.1, 0.15) is 0 Å². The topological polar surface area (TPSA) is 26.0 Å². The molecule has 0 amide bonds. The predicted molar refractivity (Wildman–Crippen MR) is 53.8 cm³/mol. The van der Waals surface area contributed by atoms with E-state index in [0.717, 1.165) is 5.56 Å². The summed E-state index contributed by atoms with van der Waals surface area (Å²) in [5, 5.41) is 0.624. The maximum atomic E-state index is 12.6. The quantitative estimate of drug-likeness (QED) is 0.797. The molecular formula is C10H13ClFN. The molecule has 0 saturated heterocycles. The van der Waals surface area contributed by atoms with Gasteiger partial charge in [0, 0.05) is 10.9 Å². The van der Waals surface area contributed by atoms with Crippen molar-refractivity contribution in [1.82, 2.24) is 0 Å². The third kappa shape index (κ3) is 2.68. The van der Waals surface area contributed by atoms with E-state index in [4.69, 9.17) is 17.3 Å². The fourth-order valence-corrected chi connectivity index (χ4v) is 1.61. The number of halogens is 2. The van der Waals surface area contributed by atoms with Crippen LogP contribution in [0.5, 0.6) is 0 Å². The Kier molecular flexibility index (Phi) is 4.19. The minimum Gasteiger partial charge on any atom is -0.330 e. The lowest BCUT2D eigenvalue weighted by atomic mass is 9.97. The molecule has 1 aromatic rings. The van der Waals surface area contributed by atoms with E-state index in [9.17, 15) is 4.39 Å². The van der Waals surface area contributed by atoms with Crippen molar-refractivity contribution in [3.05, 3.63) is 34.9 Å². The molecule has 0 fully saturated rings. The SMILES string of the molecule is NCCC(CF)c1ccccc1Cl. The summed E-state index contributed by atoms with van der Waals surface area (Å²) in [7, 11) is 0. The Labute approximate surface area is 82.7 Å². The molecule has 0 aliphatic heterocycles. The minimum absolute atomic E-state index is 0.154. The number of hydrogen-bond acceptors (Lipinski definition) is 1. The molecule has 72 valence electrons. The predicted octanol–water partition coefficient (Wildman–Crippen LogP) is 2.74. The largest absolute Gasteiger partial charge is 0.330 e. The number of alkyl halides is 1. The van der Waals surface area contributed by atoms with E-state index in [2.05, 4.69) is 0 Å². The fourth-order valence-electron chi connectivity index (χ4n) is 1.32. The van der Waals surface area contributed by atoms with Gasteiger partial charge in [-0.1, -0.05) is 29.8 Å². The summed E-state index contributed by atoms with van der Waals surface area (Å²) >= 11 is 5.93. The molecule has 3 heteroatoms. The smallest absolute Gasteiger partial charge is 0.0963 e. The molecule has 0 radical (unpaired) electrons. The molecule has 1 rings (SSSR count). The Bertz CT molecular complexity index is 265. The van der Waals surface area contributed by atoms with Crippen molar-refractivity contribution in [3.63, 3.8) is 0 Å². The number of hydrogen-bond donors (Lipinski definition) is 1. The van der Waals surface area contributed by atoms with Crippen molar-refractivity contribution >= 4 is 11.6 Å². The van der Waals surface area contributed by atoms with Gasteiger partial charge in [0.2, 0.25) is 0 Å². The van der Waals surface area contributed by atoms with Crippen LogP contribution in [0.25, 0.3) is 0 Å². The average molecular weight is 202 g/mol. The van der Waals surface area contributed by atoms with Gasteiger partial charge in [0.05, 0.1) is 6.67 Å². The Morgan fingerprint density at radius 3 is 2.62 bits per heavy atom. The number of nitrogens with two attached hydrogens (primary N) is 1. The highest BCUT2D eigenvalue weighted by Crippen LogP contribution is 2.26. The Morgan fingerprint density at radius 2 is 2.08 bits per heavy atom. The highest BCUT2D eigenvalue weighted by atomic mass is 35.5. The van der Waals surface area contributed by atoms with Crippen molar-refractivity contribution in [2.24, 2.45) is 5.73 Å². The first kappa shape index (κ1) is 10.5. The lowest BCUT2D eigenvalue weighted by molar-refractivity contribution is 0.418. The zero-order chi connectivity index (χ0) is 9.68. The van der Waals surface area contributed by atoms with Crippen LogP contribution in [-0.4, -0.2) is 13.2 Å². The summed E-state index contributed by atoms with van der Waals surface area (Å²) in [5.74, 6) is -0.154. The summed E-state index contributed by atoms with van der Waals surface area (Å²) in [4.78, 5) is 0. The van der Waals surface area contributed by atoms with Crippen LogP contribution in [0, 0.1) is 0 Å². The molecule has 1 aromatic carbocycles. The second-order valence-corrected chi connectivity index (χ2v) is 3.36. The number of benzene rings is 1. The van der Waals surface area contributed by atoms with Gasteiger partial charge in [-0.2, -0.15) is 0 Å². The molecule has 1 atom stereocenters. The van der Waals surface area contributed by atoms with Crippen molar-refractivity contribution in [1.29, 1.82) is 0 Å². The molecule has 0 bridgehead atoms. The van der Waals surface area contributed by atoms with Crippen LogP contribution in [0.15, 0.2) is 24.3 Å². The summed E-state index contributed by atoms with van der Waals surface area (Å²) < 4.78 is 12.6. The zero-order valence-electron chi connectivity index (χ0n) is 7.34. The Morgan fingerprint density at radius 1 is 1.38 bits per heavy atom. The molecule has 0 aliphatic carbocycles. The molecular weight excluding hydrogens is 189 g/mol. The molecule has 0 heterocycles. The van der Waals surface area contributed by atoms with Gasteiger partial charge in [-0.05, 0) is 24.6 Å². The van der Waals surface area contributed by atoms with E-state index < -0.39 is 6.67 Å². The maximum Gasteiger partial charge on any atom is 0.0963 e. The van der Waals surface area contributed by atoms with Crippen molar-refractivity contribution in [2.75, 3.05) is 13.2 Å². The van der Waals surface area contributed by atoms with Gasteiger partial charge in [-0.25, -0.2) is 0 Å². The van der Waals surface area contributed by atoms with Gasteiger partial charge >= 0.3 is 0 Å². The van der Waals surface area contributed by atoms with E-state index in [0.29, 0.717) is 18.0 Å². The second kappa shape index (κ2) is 5.20. The van der Waals surface area contributed by atoms with Crippen LogP contribution >= 0.6 is 11.6 Å².